The van der Waals surface area contributed by atoms with E-state index in [1.54, 1.807) is 30.5 Å². The van der Waals surface area contributed by atoms with E-state index in [0.717, 1.165) is 5.56 Å². The maximum absolute atomic E-state index is 9.54. The molecule has 3 nitrogen and oxygen atoms in total. The van der Waals surface area contributed by atoms with Crippen molar-refractivity contribution in [3.63, 3.8) is 0 Å². The fourth-order valence-corrected chi connectivity index (χ4v) is 1.44. The number of hydrogen-bond donors (Lipinski definition) is 1. The Morgan fingerprint density at radius 1 is 1.36 bits per heavy atom. The number of phenols is 1. The van der Waals surface area contributed by atoms with Gasteiger partial charge in [0.15, 0.2) is 0 Å². The average Bonchev–Trinajstić information content (AvgIpc) is 2.23. The number of fused-ring (bicyclic) bond motifs is 1. The van der Waals surface area contributed by atoms with E-state index in [4.69, 9.17) is 5.26 Å². The van der Waals surface area contributed by atoms with Crippen molar-refractivity contribution in [3.05, 3.63) is 36.0 Å². The minimum Gasteiger partial charge on any atom is -0.507 e. The van der Waals surface area contributed by atoms with Gasteiger partial charge >= 0.3 is 0 Å². The summed E-state index contributed by atoms with van der Waals surface area (Å²) in [7, 11) is 0. The van der Waals surface area contributed by atoms with E-state index in [-0.39, 0.29) is 5.75 Å². The van der Waals surface area contributed by atoms with Gasteiger partial charge in [-0.05, 0) is 23.8 Å². The van der Waals surface area contributed by atoms with Crippen molar-refractivity contribution in [3.8, 4) is 11.8 Å². The molecule has 14 heavy (non-hydrogen) atoms. The Labute approximate surface area is 81.2 Å². The molecule has 0 unspecified atom stereocenters. The Bertz CT molecular complexity index is 514. The van der Waals surface area contributed by atoms with Gasteiger partial charge in [-0.25, -0.2) is 0 Å². The van der Waals surface area contributed by atoms with Gasteiger partial charge in [-0.3, -0.25) is 4.98 Å². The van der Waals surface area contributed by atoms with Crippen molar-refractivity contribution in [2.24, 2.45) is 0 Å². The number of benzene rings is 1. The third kappa shape index (κ3) is 1.27. The molecule has 0 aliphatic rings. The zero-order valence-corrected chi connectivity index (χ0v) is 7.44. The first kappa shape index (κ1) is 8.52. The number of phenolic OH excluding ortho intramolecular Hbond substituents is 1. The van der Waals surface area contributed by atoms with Gasteiger partial charge in [-0.2, -0.15) is 5.26 Å². The average molecular weight is 184 g/mol. The zero-order chi connectivity index (χ0) is 9.97. The molecule has 1 N–H and O–H groups in total. The Morgan fingerprint density at radius 2 is 2.21 bits per heavy atom. The van der Waals surface area contributed by atoms with Crippen LogP contribution in [0.15, 0.2) is 30.5 Å². The molecule has 0 spiro atoms. The molecule has 68 valence electrons. The molecule has 0 aliphatic heterocycles. The number of aromatic hydroxyl groups is 1. The summed E-state index contributed by atoms with van der Waals surface area (Å²) in [5, 5.41) is 18.8. The maximum atomic E-state index is 9.54. The number of pyridine rings is 1. The lowest BCUT2D eigenvalue weighted by molar-refractivity contribution is 0.481. The smallest absolute Gasteiger partial charge is 0.124 e. The van der Waals surface area contributed by atoms with Crippen molar-refractivity contribution in [2.45, 2.75) is 6.42 Å². The van der Waals surface area contributed by atoms with Gasteiger partial charge in [0.2, 0.25) is 0 Å². The summed E-state index contributed by atoms with van der Waals surface area (Å²) in [5.41, 5.74) is 1.55. The SMILES string of the molecule is N#CCc1ccc(O)c2cccnc12. The summed E-state index contributed by atoms with van der Waals surface area (Å²) in [6.45, 7) is 0. The minimum absolute atomic E-state index is 0.204. The Balaban J connectivity index is 2.76. The number of hydrogen-bond acceptors (Lipinski definition) is 3. The van der Waals surface area contributed by atoms with Crippen LogP contribution in [0.25, 0.3) is 10.9 Å². The highest BCUT2D eigenvalue weighted by atomic mass is 16.3. The predicted octanol–water partition coefficient (Wildman–Crippen LogP) is 2.01. The maximum Gasteiger partial charge on any atom is 0.124 e. The van der Waals surface area contributed by atoms with Gasteiger partial charge in [0.25, 0.3) is 0 Å². The molecule has 0 atom stereocenters. The molecule has 0 radical (unpaired) electrons. The third-order valence-corrected chi connectivity index (χ3v) is 2.10. The normalized spacial score (nSPS) is 9.93. The molecular weight excluding hydrogens is 176 g/mol. The van der Waals surface area contributed by atoms with E-state index >= 15 is 0 Å². The second-order valence-electron chi connectivity index (χ2n) is 2.98. The third-order valence-electron chi connectivity index (χ3n) is 2.10. The second kappa shape index (κ2) is 3.35. The molecule has 3 heteroatoms. The van der Waals surface area contributed by atoms with Crippen LogP contribution in [-0.2, 0) is 6.42 Å². The van der Waals surface area contributed by atoms with E-state index in [9.17, 15) is 5.11 Å². The number of aromatic nitrogens is 1. The summed E-state index contributed by atoms with van der Waals surface area (Å²) >= 11 is 0. The van der Waals surface area contributed by atoms with Crippen LogP contribution in [0.3, 0.4) is 0 Å². The molecule has 0 saturated heterocycles. The highest BCUT2D eigenvalue weighted by Crippen LogP contribution is 2.25. The summed E-state index contributed by atoms with van der Waals surface area (Å²) in [6, 6.07) is 8.95. The molecule has 2 aromatic rings. The molecule has 2 rings (SSSR count). The Kier molecular flexibility index (Phi) is 2.04. The zero-order valence-electron chi connectivity index (χ0n) is 7.44. The lowest BCUT2D eigenvalue weighted by Gasteiger charge is -2.03. The Hall–Kier alpha value is -2.08. The van der Waals surface area contributed by atoms with E-state index in [1.165, 1.54) is 0 Å². The molecule has 0 amide bonds. The van der Waals surface area contributed by atoms with Gasteiger partial charge < -0.3 is 5.11 Å². The van der Waals surface area contributed by atoms with Gasteiger partial charge in [0.05, 0.1) is 18.0 Å². The van der Waals surface area contributed by atoms with Crippen molar-refractivity contribution in [1.29, 1.82) is 5.26 Å². The molecule has 0 fully saturated rings. The van der Waals surface area contributed by atoms with E-state index in [2.05, 4.69) is 11.1 Å². The van der Waals surface area contributed by atoms with Crippen LogP contribution in [0.2, 0.25) is 0 Å². The van der Waals surface area contributed by atoms with Gasteiger partial charge in [-0.1, -0.05) is 6.07 Å². The van der Waals surface area contributed by atoms with E-state index in [1.807, 2.05) is 0 Å². The molecule has 0 aliphatic carbocycles. The first-order chi connectivity index (χ1) is 6.83. The van der Waals surface area contributed by atoms with Gasteiger partial charge in [0.1, 0.15) is 5.75 Å². The van der Waals surface area contributed by atoms with Crippen LogP contribution >= 0.6 is 0 Å². The molecule has 1 aromatic heterocycles. The standard InChI is InChI=1S/C11H8N2O/c12-6-5-8-3-4-10(14)9-2-1-7-13-11(8)9/h1-4,7,14H,5H2. The van der Waals surface area contributed by atoms with Crippen LogP contribution in [0, 0.1) is 11.3 Å². The van der Waals surface area contributed by atoms with E-state index < -0.39 is 0 Å². The van der Waals surface area contributed by atoms with Crippen LogP contribution in [0.1, 0.15) is 5.56 Å². The lowest BCUT2D eigenvalue weighted by Crippen LogP contribution is -1.87. The van der Waals surface area contributed by atoms with Gasteiger partial charge in [-0.15, -0.1) is 0 Å². The van der Waals surface area contributed by atoms with Crippen molar-refractivity contribution < 1.29 is 5.11 Å². The van der Waals surface area contributed by atoms with E-state index in [0.29, 0.717) is 17.3 Å². The summed E-state index contributed by atoms with van der Waals surface area (Å²) in [5.74, 6) is 0.204. The predicted molar refractivity (Wildman–Crippen MR) is 52.7 cm³/mol. The van der Waals surface area contributed by atoms with Crippen molar-refractivity contribution in [1.82, 2.24) is 4.98 Å². The van der Waals surface area contributed by atoms with Crippen molar-refractivity contribution in [2.75, 3.05) is 0 Å². The molecule has 1 aromatic carbocycles. The summed E-state index contributed by atoms with van der Waals surface area (Å²) < 4.78 is 0. The first-order valence-corrected chi connectivity index (χ1v) is 4.25. The summed E-state index contributed by atoms with van der Waals surface area (Å²) in [4.78, 5) is 4.15. The number of rotatable bonds is 1. The second-order valence-corrected chi connectivity index (χ2v) is 2.98. The minimum atomic E-state index is 0.204. The van der Waals surface area contributed by atoms with Crippen LogP contribution in [0.5, 0.6) is 5.75 Å². The molecule has 0 bridgehead atoms. The first-order valence-electron chi connectivity index (χ1n) is 4.25. The molecule has 0 saturated carbocycles. The Morgan fingerprint density at radius 3 is 3.00 bits per heavy atom. The van der Waals surface area contributed by atoms with Crippen LogP contribution in [0.4, 0.5) is 0 Å². The fourth-order valence-electron chi connectivity index (χ4n) is 1.44. The van der Waals surface area contributed by atoms with Crippen molar-refractivity contribution >= 4 is 10.9 Å². The topological polar surface area (TPSA) is 56.9 Å². The monoisotopic (exact) mass is 184 g/mol. The summed E-state index contributed by atoms with van der Waals surface area (Å²) in [6.07, 6.45) is 1.97. The van der Waals surface area contributed by atoms with Gasteiger partial charge in [0, 0.05) is 11.6 Å². The number of nitrogens with zero attached hydrogens (tertiary/aromatic N) is 2. The fraction of sp³-hybridized carbons (Fsp3) is 0.0909. The highest BCUT2D eigenvalue weighted by Gasteiger charge is 2.04. The quantitative estimate of drug-likeness (QED) is 0.737. The van der Waals surface area contributed by atoms with Crippen LogP contribution in [-0.4, -0.2) is 10.1 Å². The highest BCUT2D eigenvalue weighted by molar-refractivity contribution is 5.87. The van der Waals surface area contributed by atoms with Crippen LogP contribution < -0.4 is 0 Å². The number of nitriles is 1. The molecular formula is C11H8N2O. The lowest BCUT2D eigenvalue weighted by atomic mass is 10.1. The largest absolute Gasteiger partial charge is 0.507 e. The molecule has 1 heterocycles.